The standard InChI is InChI=1S/C11H16N4O5S/c12-13-8-3-4-11(10(6-8)15(16)17)21(18,19)14-9-2-1-5-20-7-9/h3-4,6,9,13-14H,1-2,5,7,12H2. The predicted molar refractivity (Wildman–Crippen MR) is 75.1 cm³/mol. The first-order valence-electron chi connectivity index (χ1n) is 6.29. The van der Waals surface area contributed by atoms with Crippen LogP contribution in [0.3, 0.4) is 0 Å². The minimum absolute atomic E-state index is 0.252. The van der Waals surface area contributed by atoms with Gasteiger partial charge in [-0.3, -0.25) is 16.0 Å². The van der Waals surface area contributed by atoms with Crippen molar-refractivity contribution in [2.24, 2.45) is 5.84 Å². The van der Waals surface area contributed by atoms with Gasteiger partial charge in [-0.1, -0.05) is 0 Å². The van der Waals surface area contributed by atoms with Crippen molar-refractivity contribution >= 4 is 21.4 Å². The fourth-order valence-corrected chi connectivity index (χ4v) is 3.50. The van der Waals surface area contributed by atoms with Gasteiger partial charge in [-0.25, -0.2) is 13.1 Å². The van der Waals surface area contributed by atoms with Crippen molar-refractivity contribution in [3.05, 3.63) is 28.3 Å². The average Bonchev–Trinajstić information content (AvgIpc) is 2.47. The van der Waals surface area contributed by atoms with Crippen molar-refractivity contribution in [1.29, 1.82) is 0 Å². The number of sulfonamides is 1. The number of nitrogens with zero attached hydrogens (tertiary/aromatic N) is 1. The summed E-state index contributed by atoms with van der Waals surface area (Å²) in [4.78, 5) is 9.90. The first-order valence-corrected chi connectivity index (χ1v) is 7.77. The summed E-state index contributed by atoms with van der Waals surface area (Å²) in [5, 5.41) is 11.0. The number of hydrazine groups is 1. The number of hydrogen-bond donors (Lipinski definition) is 3. The molecule has 1 heterocycles. The molecule has 1 aliphatic heterocycles. The van der Waals surface area contributed by atoms with Gasteiger partial charge in [0.05, 0.1) is 17.2 Å². The summed E-state index contributed by atoms with van der Waals surface area (Å²) < 4.78 is 32.2. The maximum atomic E-state index is 12.3. The molecule has 0 saturated carbocycles. The molecule has 1 unspecified atom stereocenters. The second-order valence-corrected chi connectivity index (χ2v) is 6.30. The molecule has 116 valence electrons. The second kappa shape index (κ2) is 6.35. The first-order chi connectivity index (χ1) is 9.94. The molecule has 10 heteroatoms. The van der Waals surface area contributed by atoms with Crippen LogP contribution in [-0.2, 0) is 14.8 Å². The number of rotatable bonds is 5. The van der Waals surface area contributed by atoms with E-state index in [9.17, 15) is 18.5 Å². The van der Waals surface area contributed by atoms with Crippen molar-refractivity contribution in [3.63, 3.8) is 0 Å². The molecule has 2 rings (SSSR count). The quantitative estimate of drug-likeness (QED) is 0.404. The summed E-state index contributed by atoms with van der Waals surface area (Å²) in [6, 6.07) is 3.21. The minimum atomic E-state index is -4.00. The molecular weight excluding hydrogens is 300 g/mol. The zero-order chi connectivity index (χ0) is 15.5. The van der Waals surface area contributed by atoms with Crippen molar-refractivity contribution in [3.8, 4) is 0 Å². The van der Waals surface area contributed by atoms with Gasteiger partial charge in [-0.15, -0.1) is 0 Å². The largest absolute Gasteiger partial charge is 0.380 e. The molecule has 1 aromatic carbocycles. The molecule has 0 amide bonds. The van der Waals surface area contributed by atoms with Crippen LogP contribution < -0.4 is 16.0 Å². The number of nitro groups is 1. The number of anilines is 1. The third-order valence-corrected chi connectivity index (χ3v) is 4.66. The predicted octanol–water partition coefficient (Wildman–Crippen LogP) is 0.338. The molecule has 1 atom stereocenters. The third-order valence-electron chi connectivity index (χ3n) is 3.09. The smallest absolute Gasteiger partial charge is 0.291 e. The summed E-state index contributed by atoms with van der Waals surface area (Å²) in [7, 11) is -4.00. The van der Waals surface area contributed by atoms with Crippen molar-refractivity contribution in [1.82, 2.24) is 4.72 Å². The van der Waals surface area contributed by atoms with Gasteiger partial charge >= 0.3 is 0 Å². The van der Waals surface area contributed by atoms with Crippen LogP contribution in [-0.4, -0.2) is 32.6 Å². The normalized spacial score (nSPS) is 19.2. The molecule has 0 bridgehead atoms. The van der Waals surface area contributed by atoms with E-state index in [-0.39, 0.29) is 18.3 Å². The topological polar surface area (TPSA) is 137 Å². The highest BCUT2D eigenvalue weighted by atomic mass is 32.2. The number of benzene rings is 1. The van der Waals surface area contributed by atoms with E-state index in [2.05, 4.69) is 10.1 Å². The van der Waals surface area contributed by atoms with E-state index in [0.29, 0.717) is 13.0 Å². The summed E-state index contributed by atoms with van der Waals surface area (Å²) in [6.07, 6.45) is 1.38. The highest BCUT2D eigenvalue weighted by molar-refractivity contribution is 7.89. The molecule has 4 N–H and O–H groups in total. The van der Waals surface area contributed by atoms with E-state index >= 15 is 0 Å². The number of hydrogen-bond acceptors (Lipinski definition) is 7. The Morgan fingerprint density at radius 1 is 1.43 bits per heavy atom. The Bertz CT molecular complexity index is 628. The van der Waals surface area contributed by atoms with Crippen LogP contribution in [0.1, 0.15) is 12.8 Å². The molecular formula is C11H16N4O5S. The van der Waals surface area contributed by atoms with Gasteiger partial charge < -0.3 is 10.2 Å². The zero-order valence-electron chi connectivity index (χ0n) is 11.1. The van der Waals surface area contributed by atoms with Gasteiger partial charge in [0.15, 0.2) is 4.90 Å². The number of nitro benzene ring substituents is 1. The summed E-state index contributed by atoms with van der Waals surface area (Å²) in [5.41, 5.74) is 1.96. The van der Waals surface area contributed by atoms with Crippen LogP contribution in [0.25, 0.3) is 0 Å². The van der Waals surface area contributed by atoms with Crippen molar-refractivity contribution in [2.75, 3.05) is 18.6 Å². The lowest BCUT2D eigenvalue weighted by atomic mass is 10.1. The van der Waals surface area contributed by atoms with E-state index in [1.165, 1.54) is 6.07 Å². The fourth-order valence-electron chi connectivity index (χ4n) is 2.09. The summed E-state index contributed by atoms with van der Waals surface area (Å²) >= 11 is 0. The van der Waals surface area contributed by atoms with Gasteiger partial charge in [-0.05, 0) is 25.0 Å². The van der Waals surface area contributed by atoms with Gasteiger partial charge in [-0.2, -0.15) is 0 Å². The summed E-state index contributed by atoms with van der Waals surface area (Å²) in [6.45, 7) is 0.852. The molecule has 1 aliphatic rings. The first kappa shape index (κ1) is 15.6. The molecule has 1 fully saturated rings. The Morgan fingerprint density at radius 3 is 2.76 bits per heavy atom. The lowest BCUT2D eigenvalue weighted by Crippen LogP contribution is -2.40. The molecule has 0 aromatic heterocycles. The number of ether oxygens (including phenoxy) is 1. The molecule has 0 aliphatic carbocycles. The Hall–Kier alpha value is -1.75. The van der Waals surface area contributed by atoms with Gasteiger partial charge in [0.25, 0.3) is 5.69 Å². The highest BCUT2D eigenvalue weighted by Crippen LogP contribution is 2.27. The maximum Gasteiger partial charge on any atom is 0.291 e. The van der Waals surface area contributed by atoms with Crippen molar-refractivity contribution in [2.45, 2.75) is 23.8 Å². The monoisotopic (exact) mass is 316 g/mol. The van der Waals surface area contributed by atoms with Gasteiger partial charge in [0.2, 0.25) is 10.0 Å². The Kier molecular flexibility index (Phi) is 4.73. The van der Waals surface area contributed by atoms with Crippen LogP contribution in [0, 0.1) is 10.1 Å². The maximum absolute atomic E-state index is 12.3. The van der Waals surface area contributed by atoms with E-state index in [1.54, 1.807) is 0 Å². The zero-order valence-corrected chi connectivity index (χ0v) is 11.9. The minimum Gasteiger partial charge on any atom is -0.380 e. The fraction of sp³-hybridized carbons (Fsp3) is 0.455. The highest BCUT2D eigenvalue weighted by Gasteiger charge is 2.29. The SMILES string of the molecule is NNc1ccc(S(=O)(=O)NC2CCCOC2)c([N+](=O)[O-])c1. The summed E-state index contributed by atoms with van der Waals surface area (Å²) in [5.74, 6) is 5.17. The van der Waals surface area contributed by atoms with E-state index in [4.69, 9.17) is 10.6 Å². The van der Waals surface area contributed by atoms with Crippen LogP contribution in [0.2, 0.25) is 0 Å². The molecule has 1 aromatic rings. The Morgan fingerprint density at radius 2 is 2.19 bits per heavy atom. The molecule has 0 radical (unpaired) electrons. The van der Waals surface area contributed by atoms with Gasteiger partial charge in [0, 0.05) is 18.7 Å². The number of nitrogens with one attached hydrogen (secondary N) is 2. The van der Waals surface area contributed by atoms with Crippen LogP contribution in [0.4, 0.5) is 11.4 Å². The molecule has 9 nitrogen and oxygen atoms in total. The lowest BCUT2D eigenvalue weighted by molar-refractivity contribution is -0.387. The molecule has 1 saturated heterocycles. The van der Waals surface area contributed by atoms with Gasteiger partial charge in [0.1, 0.15) is 0 Å². The van der Waals surface area contributed by atoms with Crippen LogP contribution in [0.5, 0.6) is 0 Å². The van der Waals surface area contributed by atoms with E-state index in [1.807, 2.05) is 0 Å². The molecule has 21 heavy (non-hydrogen) atoms. The molecule has 0 spiro atoms. The van der Waals surface area contributed by atoms with E-state index < -0.39 is 25.5 Å². The number of nitrogens with two attached hydrogens (primary N) is 1. The second-order valence-electron chi connectivity index (χ2n) is 4.62. The Labute approximate surface area is 121 Å². The van der Waals surface area contributed by atoms with Crippen LogP contribution >= 0.6 is 0 Å². The Balaban J connectivity index is 2.32. The average molecular weight is 316 g/mol. The third kappa shape index (κ3) is 3.67. The number of nitrogen functional groups attached to an aromatic ring is 1. The van der Waals surface area contributed by atoms with Crippen LogP contribution in [0.15, 0.2) is 23.1 Å². The van der Waals surface area contributed by atoms with Crippen molar-refractivity contribution < 1.29 is 18.1 Å². The lowest BCUT2D eigenvalue weighted by Gasteiger charge is -2.22. The van der Waals surface area contributed by atoms with E-state index in [0.717, 1.165) is 18.6 Å².